The minimum atomic E-state index is -0.468. The van der Waals surface area contributed by atoms with E-state index in [2.05, 4.69) is 21.0 Å². The van der Waals surface area contributed by atoms with Gasteiger partial charge in [-0.3, -0.25) is 14.3 Å². The van der Waals surface area contributed by atoms with Gasteiger partial charge in [-0.1, -0.05) is 17.7 Å². The highest BCUT2D eigenvalue weighted by atomic mass is 35.5. The van der Waals surface area contributed by atoms with Crippen LogP contribution in [0.4, 0.5) is 21.9 Å². The Morgan fingerprint density at radius 1 is 1.07 bits per heavy atom. The van der Waals surface area contributed by atoms with Crippen molar-refractivity contribution in [2.75, 3.05) is 29.6 Å². The number of halogens is 1. The Morgan fingerprint density at radius 2 is 1.85 bits per heavy atom. The van der Waals surface area contributed by atoms with Crippen LogP contribution in [-0.4, -0.2) is 64.4 Å². The van der Waals surface area contributed by atoms with Crippen molar-refractivity contribution in [2.45, 2.75) is 44.4 Å². The molecule has 12 heteroatoms. The molecule has 1 fully saturated rings. The summed E-state index contributed by atoms with van der Waals surface area (Å²) in [5.41, 5.74) is 2.74. The van der Waals surface area contributed by atoms with Crippen LogP contribution in [0.2, 0.25) is 5.02 Å². The van der Waals surface area contributed by atoms with Crippen LogP contribution in [-0.2, 0) is 16.6 Å². The summed E-state index contributed by atoms with van der Waals surface area (Å²) in [4.78, 5) is 40.3. The molecule has 1 aromatic heterocycles. The molecule has 0 radical (unpaired) electrons. The molecule has 0 spiro atoms. The fraction of sp³-hybridized carbons (Fsp3) is 0.357. The molecule has 2 aromatic carbocycles. The Morgan fingerprint density at radius 3 is 2.58 bits per heavy atom. The molecule has 1 saturated heterocycles. The number of ether oxygens (including phenoxy) is 2. The maximum atomic E-state index is 13.5. The molecular weight excluding hydrogens is 536 g/mol. The Hall–Kier alpha value is -4.09. The van der Waals surface area contributed by atoms with E-state index in [-0.39, 0.29) is 37.0 Å². The number of fused-ring (bicyclic) bond motifs is 2. The zero-order valence-electron chi connectivity index (χ0n) is 22.4. The highest BCUT2D eigenvalue weighted by molar-refractivity contribution is 6.30. The average Bonchev–Trinajstić information content (AvgIpc) is 3.22. The van der Waals surface area contributed by atoms with E-state index in [4.69, 9.17) is 21.1 Å². The number of urea groups is 1. The third-order valence-electron chi connectivity index (χ3n) is 7.05. The molecule has 11 nitrogen and oxygen atoms in total. The smallest absolute Gasteiger partial charge is 0.323 e. The minimum Gasteiger partial charge on any atom is -0.490 e. The number of hydrogen-bond donors (Lipinski definition) is 3. The van der Waals surface area contributed by atoms with Gasteiger partial charge in [0.05, 0.1) is 35.5 Å². The van der Waals surface area contributed by atoms with Gasteiger partial charge in [-0.15, -0.1) is 0 Å². The van der Waals surface area contributed by atoms with Crippen LogP contribution >= 0.6 is 11.6 Å². The molecule has 3 aromatic rings. The van der Waals surface area contributed by atoms with E-state index in [1.165, 1.54) is 0 Å². The maximum absolute atomic E-state index is 13.5. The summed E-state index contributed by atoms with van der Waals surface area (Å²) in [6.45, 7) is 2.06. The van der Waals surface area contributed by atoms with E-state index in [1.807, 2.05) is 6.92 Å². The van der Waals surface area contributed by atoms with E-state index in [0.717, 1.165) is 5.69 Å². The normalized spacial score (nSPS) is 20.4. The first-order valence-electron chi connectivity index (χ1n) is 13.0. The summed E-state index contributed by atoms with van der Waals surface area (Å²) in [5.74, 6) is 0.00239. The van der Waals surface area contributed by atoms with Gasteiger partial charge in [-0.2, -0.15) is 5.10 Å². The first-order chi connectivity index (χ1) is 19.2. The van der Waals surface area contributed by atoms with Gasteiger partial charge >= 0.3 is 6.03 Å². The SMILES string of the molecule is Cc1nn(C)cc1NC(=O)C[C@H]1CC[C@@H]2[C@H](COc3ccc(NC(=O)Nc4cccc(Cl)c4)cc3C(=O)N2C)O1. The van der Waals surface area contributed by atoms with Crippen molar-refractivity contribution in [3.8, 4) is 5.75 Å². The van der Waals surface area contributed by atoms with Crippen LogP contribution in [0.25, 0.3) is 0 Å². The molecular formula is C28H31ClN6O5. The molecule has 40 heavy (non-hydrogen) atoms. The topological polar surface area (TPSA) is 127 Å². The van der Waals surface area contributed by atoms with Gasteiger partial charge in [0.2, 0.25) is 5.91 Å². The van der Waals surface area contributed by atoms with Crippen LogP contribution in [0.15, 0.2) is 48.7 Å². The lowest BCUT2D eigenvalue weighted by Crippen LogP contribution is -2.53. The average molecular weight is 567 g/mol. The number of carbonyl (C=O) groups excluding carboxylic acids is 3. The van der Waals surface area contributed by atoms with Crippen LogP contribution in [0, 0.1) is 6.92 Å². The van der Waals surface area contributed by atoms with Crippen molar-refractivity contribution in [3.05, 3.63) is 64.9 Å². The number of hydrogen-bond acceptors (Lipinski definition) is 6. The Labute approximate surface area is 236 Å². The summed E-state index contributed by atoms with van der Waals surface area (Å²) in [5, 5.41) is 13.1. The lowest BCUT2D eigenvalue weighted by Gasteiger charge is -2.42. The lowest BCUT2D eigenvalue weighted by atomic mass is 9.94. The van der Waals surface area contributed by atoms with Gasteiger partial charge in [0, 0.05) is 36.7 Å². The second-order valence-corrected chi connectivity index (χ2v) is 10.5. The molecule has 5 rings (SSSR count). The highest BCUT2D eigenvalue weighted by Crippen LogP contribution is 2.33. The second-order valence-electron chi connectivity index (χ2n) is 10.0. The molecule has 0 saturated carbocycles. The highest BCUT2D eigenvalue weighted by Gasteiger charge is 2.39. The van der Waals surface area contributed by atoms with Crippen LogP contribution in [0.3, 0.4) is 0 Å². The van der Waals surface area contributed by atoms with Crippen molar-refractivity contribution in [3.63, 3.8) is 0 Å². The standard InChI is InChI=1S/C28H31ClN6O5/c1-16-22(14-34(2)33-16)32-26(36)13-20-8-9-23-25(40-20)15-39-24-10-7-19(12-21(24)27(37)35(23)3)31-28(38)30-18-6-4-5-17(29)11-18/h4-7,10-12,14,20,23,25H,8-9,13,15H2,1-3H3,(H,32,36)(H2,30,31,38)/t20-,23-,25+/m1/s1. The molecule has 0 aliphatic carbocycles. The number of amides is 4. The summed E-state index contributed by atoms with van der Waals surface area (Å²) < 4.78 is 13.9. The number of nitrogens with one attached hydrogen (secondary N) is 3. The second kappa shape index (κ2) is 11.6. The van der Waals surface area contributed by atoms with E-state index < -0.39 is 12.1 Å². The quantitative estimate of drug-likeness (QED) is 0.419. The lowest BCUT2D eigenvalue weighted by molar-refractivity contribution is -0.130. The molecule has 3 atom stereocenters. The molecule has 0 unspecified atom stereocenters. The third-order valence-corrected chi connectivity index (χ3v) is 7.29. The number of aromatic nitrogens is 2. The van der Waals surface area contributed by atoms with Gasteiger partial charge in [0.25, 0.3) is 5.91 Å². The van der Waals surface area contributed by atoms with Crippen LogP contribution in [0.5, 0.6) is 5.75 Å². The van der Waals surface area contributed by atoms with Crippen molar-refractivity contribution in [1.29, 1.82) is 0 Å². The fourth-order valence-corrected chi connectivity index (χ4v) is 5.29. The monoisotopic (exact) mass is 566 g/mol. The first-order valence-corrected chi connectivity index (χ1v) is 13.4. The van der Waals surface area contributed by atoms with Gasteiger partial charge in [0.1, 0.15) is 18.5 Å². The van der Waals surface area contributed by atoms with Gasteiger partial charge < -0.3 is 30.3 Å². The summed E-state index contributed by atoms with van der Waals surface area (Å²) >= 11 is 5.98. The predicted molar refractivity (Wildman–Crippen MR) is 151 cm³/mol. The van der Waals surface area contributed by atoms with Gasteiger partial charge in [0.15, 0.2) is 0 Å². The van der Waals surface area contributed by atoms with Crippen molar-refractivity contribution >= 4 is 46.5 Å². The van der Waals surface area contributed by atoms with E-state index in [9.17, 15) is 14.4 Å². The number of likely N-dealkylation sites (N-methyl/N-ethyl adjacent to an activating group) is 1. The number of carbonyl (C=O) groups is 3. The summed E-state index contributed by atoms with van der Waals surface area (Å²) in [7, 11) is 3.54. The maximum Gasteiger partial charge on any atom is 0.323 e. The number of rotatable bonds is 5. The molecule has 2 aliphatic heterocycles. The predicted octanol–water partition coefficient (Wildman–Crippen LogP) is 4.44. The largest absolute Gasteiger partial charge is 0.490 e. The summed E-state index contributed by atoms with van der Waals surface area (Å²) in [6.07, 6.45) is 2.55. The fourth-order valence-electron chi connectivity index (χ4n) is 5.10. The van der Waals surface area contributed by atoms with Crippen molar-refractivity contribution < 1.29 is 23.9 Å². The Bertz CT molecular complexity index is 1440. The van der Waals surface area contributed by atoms with Gasteiger partial charge in [-0.25, -0.2) is 4.79 Å². The third kappa shape index (κ3) is 6.21. The Balaban J connectivity index is 1.23. The zero-order valence-corrected chi connectivity index (χ0v) is 23.2. The molecule has 210 valence electrons. The number of benzene rings is 2. The number of nitrogens with zero attached hydrogens (tertiary/aromatic N) is 3. The molecule has 3 N–H and O–H groups in total. The first kappa shape index (κ1) is 27.5. The van der Waals surface area contributed by atoms with E-state index >= 15 is 0 Å². The van der Waals surface area contributed by atoms with Crippen molar-refractivity contribution in [1.82, 2.24) is 14.7 Å². The van der Waals surface area contributed by atoms with Gasteiger partial charge in [-0.05, 0) is 56.2 Å². The Kier molecular flexibility index (Phi) is 7.95. The molecule has 0 bridgehead atoms. The minimum absolute atomic E-state index is 0.152. The molecule has 4 amide bonds. The zero-order chi connectivity index (χ0) is 28.4. The molecule has 2 aliphatic rings. The molecule has 3 heterocycles. The number of anilines is 3. The summed E-state index contributed by atoms with van der Waals surface area (Å²) in [6, 6.07) is 11.0. The number of aryl methyl sites for hydroxylation is 2. The van der Waals surface area contributed by atoms with Crippen LogP contribution in [0.1, 0.15) is 35.3 Å². The van der Waals surface area contributed by atoms with Crippen LogP contribution < -0.4 is 20.7 Å². The van der Waals surface area contributed by atoms with E-state index in [0.29, 0.717) is 46.2 Å². The van der Waals surface area contributed by atoms with Crippen molar-refractivity contribution in [2.24, 2.45) is 7.05 Å². The van der Waals surface area contributed by atoms with E-state index in [1.54, 1.807) is 72.3 Å².